The Morgan fingerprint density at radius 1 is 1.16 bits per heavy atom. The molecule has 2 amide bonds. The van der Waals surface area contributed by atoms with Crippen molar-refractivity contribution >= 4 is 35.0 Å². The van der Waals surface area contributed by atoms with E-state index in [0.717, 1.165) is 10.3 Å². The predicted octanol–water partition coefficient (Wildman–Crippen LogP) is 4.02. The first-order chi connectivity index (χ1) is 14.5. The molecule has 164 valence electrons. The number of hydrogen-bond donors (Lipinski definition) is 0. The van der Waals surface area contributed by atoms with Gasteiger partial charge in [0.05, 0.1) is 10.7 Å². The van der Waals surface area contributed by atoms with Crippen molar-refractivity contribution in [2.75, 3.05) is 19.6 Å². The second-order valence-electron chi connectivity index (χ2n) is 7.54. The fourth-order valence-electron chi connectivity index (χ4n) is 3.79. The minimum Gasteiger partial charge on any atom is -0.336 e. The van der Waals surface area contributed by atoms with Gasteiger partial charge in [0.15, 0.2) is 5.69 Å². The lowest BCUT2D eigenvalue weighted by Crippen LogP contribution is -2.35. The Hall–Kier alpha value is -2.52. The fraction of sp³-hybridized carbons (Fsp3) is 0.350. The zero-order chi connectivity index (χ0) is 22.5. The third kappa shape index (κ3) is 4.16. The summed E-state index contributed by atoms with van der Waals surface area (Å²) in [6, 6.07) is 6.60. The van der Waals surface area contributed by atoms with Crippen LogP contribution in [0.25, 0.3) is 0 Å². The molecule has 1 fully saturated rings. The number of hydrogen-bond acceptors (Lipinski definition) is 3. The second-order valence-corrected chi connectivity index (χ2v) is 8.36. The Balaban J connectivity index is 1.42. The minimum atomic E-state index is -4.69. The molecule has 11 heteroatoms. The van der Waals surface area contributed by atoms with Crippen molar-refractivity contribution < 1.29 is 22.8 Å². The molecule has 0 radical (unpaired) electrons. The largest absolute Gasteiger partial charge is 0.436 e. The molecule has 0 N–H and O–H groups in total. The summed E-state index contributed by atoms with van der Waals surface area (Å²) < 4.78 is 39.9. The van der Waals surface area contributed by atoms with Crippen molar-refractivity contribution in [1.82, 2.24) is 19.6 Å². The number of nitrogens with zero attached hydrogens (tertiary/aromatic N) is 4. The number of benzene rings is 1. The van der Waals surface area contributed by atoms with Crippen LogP contribution in [0.2, 0.25) is 10.0 Å². The Morgan fingerprint density at radius 2 is 1.84 bits per heavy atom. The van der Waals surface area contributed by atoms with Gasteiger partial charge in [-0.15, -0.1) is 0 Å². The molecule has 4 rings (SSSR count). The number of fused-ring (bicyclic) bond motifs is 1. The fourth-order valence-corrected chi connectivity index (χ4v) is 4.15. The summed E-state index contributed by atoms with van der Waals surface area (Å²) >= 11 is 11.6. The first-order valence-electron chi connectivity index (χ1n) is 9.39. The molecule has 1 saturated heterocycles. The normalized spacial score (nSPS) is 18.4. The molecule has 1 aromatic heterocycles. The highest BCUT2D eigenvalue weighted by atomic mass is 35.5. The molecule has 0 saturated carbocycles. The molecule has 0 aliphatic carbocycles. The highest BCUT2D eigenvalue weighted by Gasteiger charge is 2.40. The minimum absolute atomic E-state index is 0.00626. The Bertz CT molecular complexity index is 1080. The van der Waals surface area contributed by atoms with E-state index in [1.807, 2.05) is 0 Å². The summed E-state index contributed by atoms with van der Waals surface area (Å²) in [7, 11) is 0. The number of aromatic nitrogens is 2. The zero-order valence-electron chi connectivity index (χ0n) is 16.3. The number of likely N-dealkylation sites (tertiary alicyclic amines) is 1. The lowest BCUT2D eigenvalue weighted by Gasteiger charge is -2.20. The van der Waals surface area contributed by atoms with E-state index >= 15 is 0 Å². The molecular weight excluding hydrogens is 456 g/mol. The molecule has 1 unspecified atom stereocenters. The molecule has 31 heavy (non-hydrogen) atoms. The van der Waals surface area contributed by atoms with Gasteiger partial charge in [-0.1, -0.05) is 23.2 Å². The van der Waals surface area contributed by atoms with Gasteiger partial charge < -0.3 is 9.80 Å². The molecule has 2 aliphatic heterocycles. The van der Waals surface area contributed by atoms with Gasteiger partial charge in [-0.2, -0.15) is 18.3 Å². The number of amides is 2. The summed E-state index contributed by atoms with van der Waals surface area (Å²) in [5.41, 5.74) is 0.333. The van der Waals surface area contributed by atoms with Crippen molar-refractivity contribution in [3.05, 3.63) is 63.0 Å². The molecule has 1 atom stereocenters. The van der Waals surface area contributed by atoms with Crippen LogP contribution in [0, 0.1) is 12.8 Å². The molecular formula is C20H17Cl2F3N4O2. The van der Waals surface area contributed by atoms with Gasteiger partial charge in [-0.25, -0.2) is 0 Å². The Labute approximate surface area is 185 Å². The molecule has 1 aromatic carbocycles. The zero-order valence-corrected chi connectivity index (χ0v) is 17.8. The topological polar surface area (TPSA) is 58.4 Å². The lowest BCUT2D eigenvalue weighted by molar-refractivity contribution is -0.142. The van der Waals surface area contributed by atoms with E-state index in [-0.39, 0.29) is 30.0 Å². The maximum atomic E-state index is 13.0. The molecule has 0 spiro atoms. The van der Waals surface area contributed by atoms with Gasteiger partial charge in [0, 0.05) is 42.3 Å². The number of alkyl halides is 3. The third-order valence-electron chi connectivity index (χ3n) is 5.47. The van der Waals surface area contributed by atoms with Crippen LogP contribution in [0.5, 0.6) is 0 Å². The second kappa shape index (κ2) is 7.87. The summed E-state index contributed by atoms with van der Waals surface area (Å²) in [4.78, 5) is 28.5. The van der Waals surface area contributed by atoms with Crippen molar-refractivity contribution in [2.45, 2.75) is 19.6 Å². The van der Waals surface area contributed by atoms with Gasteiger partial charge in [-0.05, 0) is 36.8 Å². The van der Waals surface area contributed by atoms with Crippen molar-refractivity contribution in [2.24, 2.45) is 5.92 Å². The standard InChI is InChI=1S/C20H17Cl2F3N4O2/c1-11-17(22)18(20(23,24)25)26-29(11)10-16(30)27-6-13-8-28(9-14(13)7-27)19(31)12-2-4-15(21)5-3-12/h2-5,8,14H,6-7,9-10H2,1H3. The molecule has 2 aliphatic rings. The number of carbonyl (C=O) groups is 2. The summed E-state index contributed by atoms with van der Waals surface area (Å²) in [6.45, 7) is 2.18. The highest BCUT2D eigenvalue weighted by Crippen LogP contribution is 2.35. The monoisotopic (exact) mass is 472 g/mol. The maximum absolute atomic E-state index is 13.0. The number of halogens is 5. The average Bonchev–Trinajstić information content (AvgIpc) is 3.35. The van der Waals surface area contributed by atoms with Gasteiger partial charge in [-0.3, -0.25) is 14.3 Å². The van der Waals surface area contributed by atoms with Crippen LogP contribution < -0.4 is 0 Å². The van der Waals surface area contributed by atoms with Crippen molar-refractivity contribution in [1.29, 1.82) is 0 Å². The van der Waals surface area contributed by atoms with E-state index in [1.165, 1.54) is 6.92 Å². The van der Waals surface area contributed by atoms with Crippen molar-refractivity contribution in [3.8, 4) is 0 Å². The van der Waals surface area contributed by atoms with Crippen LogP contribution >= 0.6 is 23.2 Å². The molecule has 3 heterocycles. The number of carbonyl (C=O) groups excluding carboxylic acids is 2. The maximum Gasteiger partial charge on any atom is 0.436 e. The lowest BCUT2D eigenvalue weighted by atomic mass is 10.1. The first kappa shape index (κ1) is 21.7. The van der Waals surface area contributed by atoms with Gasteiger partial charge in [0.1, 0.15) is 6.54 Å². The van der Waals surface area contributed by atoms with Gasteiger partial charge in [0.25, 0.3) is 5.91 Å². The average molecular weight is 473 g/mol. The Kier molecular flexibility index (Phi) is 5.51. The molecule has 2 aromatic rings. The van der Waals surface area contributed by atoms with E-state index in [9.17, 15) is 22.8 Å². The van der Waals surface area contributed by atoms with Crippen LogP contribution in [0.3, 0.4) is 0 Å². The number of rotatable bonds is 3. The molecule has 0 bridgehead atoms. The van der Waals surface area contributed by atoms with Crippen LogP contribution in [-0.2, 0) is 17.5 Å². The SMILES string of the molecule is Cc1c(Cl)c(C(F)(F)F)nn1CC(=O)N1CC2=CN(C(=O)c3ccc(Cl)cc3)CC2C1. The van der Waals surface area contributed by atoms with E-state index < -0.39 is 16.9 Å². The first-order valence-corrected chi connectivity index (χ1v) is 10.1. The van der Waals surface area contributed by atoms with E-state index in [1.54, 1.807) is 40.3 Å². The van der Waals surface area contributed by atoms with E-state index in [2.05, 4.69) is 5.10 Å². The summed E-state index contributed by atoms with van der Waals surface area (Å²) in [6.07, 6.45) is -2.95. The Morgan fingerprint density at radius 3 is 2.42 bits per heavy atom. The molecule has 6 nitrogen and oxygen atoms in total. The van der Waals surface area contributed by atoms with Crippen LogP contribution in [-0.4, -0.2) is 51.0 Å². The predicted molar refractivity (Wildman–Crippen MR) is 108 cm³/mol. The smallest absolute Gasteiger partial charge is 0.336 e. The van der Waals surface area contributed by atoms with Gasteiger partial charge in [0.2, 0.25) is 5.91 Å². The summed E-state index contributed by atoms with van der Waals surface area (Å²) in [5, 5.41) is 3.51. The highest BCUT2D eigenvalue weighted by molar-refractivity contribution is 6.32. The van der Waals surface area contributed by atoms with Crippen LogP contribution in [0.1, 0.15) is 21.7 Å². The van der Waals surface area contributed by atoms with Crippen molar-refractivity contribution in [3.63, 3.8) is 0 Å². The summed E-state index contributed by atoms with van der Waals surface area (Å²) in [5.74, 6) is -0.520. The van der Waals surface area contributed by atoms with Crippen LogP contribution in [0.4, 0.5) is 13.2 Å². The quantitative estimate of drug-likeness (QED) is 0.677. The van der Waals surface area contributed by atoms with Crippen LogP contribution in [0.15, 0.2) is 36.0 Å². The van der Waals surface area contributed by atoms with E-state index in [4.69, 9.17) is 23.2 Å². The third-order valence-corrected chi connectivity index (χ3v) is 6.17. The van der Waals surface area contributed by atoms with E-state index in [0.29, 0.717) is 30.2 Å². The van der Waals surface area contributed by atoms with Gasteiger partial charge >= 0.3 is 6.18 Å².